The molecule has 4 rings (SSSR count). The molecule has 0 aliphatic carbocycles. The quantitative estimate of drug-likeness (QED) is 0.646. The third-order valence-corrected chi connectivity index (χ3v) is 5.58. The summed E-state index contributed by atoms with van der Waals surface area (Å²) in [6.45, 7) is 0. The highest BCUT2D eigenvalue weighted by atomic mass is 16.5. The Morgan fingerprint density at radius 3 is 2.41 bits per heavy atom. The average Bonchev–Trinajstić information content (AvgIpc) is 3.19. The van der Waals surface area contributed by atoms with E-state index >= 15 is 0 Å². The fraction of sp³-hybridized carbons (Fsp3) is 0.300. The molecule has 0 unspecified atom stereocenters. The number of nitrogens with zero attached hydrogens (tertiary/aromatic N) is 2. The van der Waals surface area contributed by atoms with Crippen molar-refractivity contribution in [2.75, 3.05) is 14.2 Å². The number of carbonyl (C=O) groups is 3. The van der Waals surface area contributed by atoms with E-state index in [9.17, 15) is 14.4 Å². The van der Waals surface area contributed by atoms with Crippen molar-refractivity contribution in [3.05, 3.63) is 66.0 Å². The number of carbonyl (C=O) groups excluding carboxylic acids is 3. The van der Waals surface area contributed by atoms with Crippen molar-refractivity contribution in [2.45, 2.75) is 11.6 Å². The molecule has 2 aliphatic rings. The number of hydrogen-bond acceptors (Lipinski definition) is 6. The number of hydrogen-bond donors (Lipinski definition) is 1. The van der Waals surface area contributed by atoms with Gasteiger partial charge in [0, 0.05) is 25.5 Å². The molecule has 138 valence electrons. The Kier molecular flexibility index (Phi) is 4.04. The molecule has 3 heterocycles. The third-order valence-electron chi connectivity index (χ3n) is 5.58. The van der Waals surface area contributed by atoms with Crippen LogP contribution in [-0.4, -0.2) is 41.8 Å². The number of methoxy groups -OCH3 is 1. The normalized spacial score (nSPS) is 29.7. The van der Waals surface area contributed by atoms with Crippen LogP contribution in [0.4, 0.5) is 0 Å². The first-order valence-electron chi connectivity index (χ1n) is 8.65. The molecule has 2 amide bonds. The highest BCUT2D eigenvalue weighted by Crippen LogP contribution is 2.52. The molecule has 1 aromatic carbocycles. The number of pyridine rings is 1. The molecular formula is C20H19N3O4. The first-order chi connectivity index (χ1) is 13.0. The van der Waals surface area contributed by atoms with Gasteiger partial charge in [0.2, 0.25) is 11.8 Å². The molecule has 27 heavy (non-hydrogen) atoms. The van der Waals surface area contributed by atoms with Gasteiger partial charge in [-0.25, -0.2) is 4.79 Å². The van der Waals surface area contributed by atoms with Gasteiger partial charge in [-0.3, -0.25) is 24.8 Å². The summed E-state index contributed by atoms with van der Waals surface area (Å²) in [5, 5.41) is 3.30. The molecule has 2 aliphatic heterocycles. The van der Waals surface area contributed by atoms with Gasteiger partial charge < -0.3 is 4.74 Å². The minimum absolute atomic E-state index is 0.305. The van der Waals surface area contributed by atoms with Crippen LogP contribution < -0.4 is 5.32 Å². The predicted molar refractivity (Wildman–Crippen MR) is 95.0 cm³/mol. The van der Waals surface area contributed by atoms with Gasteiger partial charge >= 0.3 is 5.97 Å². The minimum Gasteiger partial charge on any atom is -0.467 e. The summed E-state index contributed by atoms with van der Waals surface area (Å²) < 4.78 is 5.11. The zero-order chi connectivity index (χ0) is 19.2. The largest absolute Gasteiger partial charge is 0.467 e. The van der Waals surface area contributed by atoms with Crippen LogP contribution in [0, 0.1) is 11.8 Å². The van der Waals surface area contributed by atoms with E-state index < -0.39 is 29.4 Å². The molecule has 1 N–H and O–H groups in total. The lowest BCUT2D eigenvalue weighted by atomic mass is 9.75. The van der Waals surface area contributed by atoms with E-state index in [4.69, 9.17) is 4.74 Å². The van der Waals surface area contributed by atoms with Gasteiger partial charge in [-0.15, -0.1) is 0 Å². The maximum absolute atomic E-state index is 13.0. The van der Waals surface area contributed by atoms with Crippen LogP contribution in [0.2, 0.25) is 0 Å². The smallest absolute Gasteiger partial charge is 0.331 e. The first kappa shape index (κ1) is 17.4. The summed E-state index contributed by atoms with van der Waals surface area (Å²) in [5.74, 6) is -2.87. The lowest BCUT2D eigenvalue weighted by Crippen LogP contribution is -2.53. The number of aromatic nitrogens is 1. The molecule has 7 nitrogen and oxygen atoms in total. The number of esters is 1. The summed E-state index contributed by atoms with van der Waals surface area (Å²) >= 11 is 0. The number of nitrogens with one attached hydrogen (secondary N) is 1. The standard InChI is InChI=1S/C20H19N3O4/c1-23-17(24)14-15(18(23)25)20(19(26)27-2,13-6-4-3-5-7-13)22-16(14)12-8-10-21-11-9-12/h3-11,14-16,22H,1-2H3/t14-,15-,16-,20-/m1/s1. The number of imide groups is 1. The number of fused-ring (bicyclic) bond motifs is 1. The SMILES string of the molecule is COC(=O)[C@]1(c2ccccc2)N[C@H](c2ccncc2)[C@@H]2C(=O)N(C)C(=O)[C@@H]21. The zero-order valence-corrected chi connectivity index (χ0v) is 15.0. The molecule has 2 fully saturated rings. The number of amides is 2. The second-order valence-electron chi connectivity index (χ2n) is 6.81. The molecular weight excluding hydrogens is 346 g/mol. The highest BCUT2D eigenvalue weighted by Gasteiger charge is 2.68. The topological polar surface area (TPSA) is 88.6 Å². The Bertz CT molecular complexity index is 902. The fourth-order valence-electron chi connectivity index (χ4n) is 4.34. The lowest BCUT2D eigenvalue weighted by molar-refractivity contribution is -0.154. The van der Waals surface area contributed by atoms with E-state index in [2.05, 4.69) is 10.3 Å². The summed E-state index contributed by atoms with van der Waals surface area (Å²) in [6, 6.07) is 12.0. The van der Waals surface area contributed by atoms with Gasteiger partial charge in [0.1, 0.15) is 0 Å². The molecule has 7 heteroatoms. The predicted octanol–water partition coefficient (Wildman–Crippen LogP) is 1.03. The van der Waals surface area contributed by atoms with Crippen LogP contribution in [0.5, 0.6) is 0 Å². The van der Waals surface area contributed by atoms with Crippen molar-refractivity contribution in [3.63, 3.8) is 0 Å². The zero-order valence-electron chi connectivity index (χ0n) is 15.0. The summed E-state index contributed by atoms with van der Waals surface area (Å²) in [4.78, 5) is 44.1. The van der Waals surface area contributed by atoms with Crippen molar-refractivity contribution in [1.82, 2.24) is 15.2 Å². The second-order valence-corrected chi connectivity index (χ2v) is 6.81. The molecule has 0 bridgehead atoms. The van der Waals surface area contributed by atoms with Crippen molar-refractivity contribution in [1.29, 1.82) is 0 Å². The number of benzene rings is 1. The van der Waals surface area contributed by atoms with E-state index in [1.54, 1.807) is 48.8 Å². The minimum atomic E-state index is -1.44. The average molecular weight is 365 g/mol. The van der Waals surface area contributed by atoms with E-state index in [1.807, 2.05) is 6.07 Å². The Morgan fingerprint density at radius 1 is 1.11 bits per heavy atom. The van der Waals surface area contributed by atoms with E-state index in [-0.39, 0.29) is 11.8 Å². The third kappa shape index (κ3) is 2.31. The summed E-state index contributed by atoms with van der Waals surface area (Å²) in [6.07, 6.45) is 3.25. The van der Waals surface area contributed by atoms with Crippen LogP contribution in [0.1, 0.15) is 17.2 Å². The maximum Gasteiger partial charge on any atom is 0.331 e. The first-order valence-corrected chi connectivity index (χ1v) is 8.65. The van der Waals surface area contributed by atoms with Crippen LogP contribution in [0.3, 0.4) is 0 Å². The van der Waals surface area contributed by atoms with Gasteiger partial charge in [0.15, 0.2) is 5.54 Å². The van der Waals surface area contributed by atoms with Crippen LogP contribution >= 0.6 is 0 Å². The Morgan fingerprint density at radius 2 is 1.78 bits per heavy atom. The number of rotatable bonds is 3. The monoisotopic (exact) mass is 365 g/mol. The molecule has 2 saturated heterocycles. The summed E-state index contributed by atoms with van der Waals surface area (Å²) in [5.41, 5.74) is -0.0513. The van der Waals surface area contributed by atoms with Crippen molar-refractivity contribution in [2.24, 2.45) is 11.8 Å². The van der Waals surface area contributed by atoms with Crippen molar-refractivity contribution in [3.8, 4) is 0 Å². The lowest BCUT2D eigenvalue weighted by Gasteiger charge is -2.32. The Hall–Kier alpha value is -3.06. The number of ether oxygens (including phenoxy) is 1. The summed E-state index contributed by atoms with van der Waals surface area (Å²) in [7, 11) is 2.74. The van der Waals surface area contributed by atoms with Gasteiger partial charge in [-0.1, -0.05) is 30.3 Å². The van der Waals surface area contributed by atoms with Gasteiger partial charge in [-0.05, 0) is 23.3 Å². The Balaban J connectivity index is 1.95. The van der Waals surface area contributed by atoms with Crippen LogP contribution in [0.25, 0.3) is 0 Å². The molecule has 0 spiro atoms. The van der Waals surface area contributed by atoms with Crippen LogP contribution in [0.15, 0.2) is 54.9 Å². The van der Waals surface area contributed by atoms with Crippen LogP contribution in [-0.2, 0) is 24.7 Å². The van der Waals surface area contributed by atoms with Crippen molar-refractivity contribution >= 4 is 17.8 Å². The molecule has 2 aromatic rings. The van der Waals surface area contributed by atoms with E-state index in [0.717, 1.165) is 10.5 Å². The van der Waals surface area contributed by atoms with E-state index in [1.165, 1.54) is 14.2 Å². The second kappa shape index (κ2) is 6.28. The maximum atomic E-state index is 13.0. The fourth-order valence-corrected chi connectivity index (χ4v) is 4.34. The van der Waals surface area contributed by atoms with Gasteiger partial charge in [0.05, 0.1) is 18.9 Å². The van der Waals surface area contributed by atoms with E-state index in [0.29, 0.717) is 5.56 Å². The highest BCUT2D eigenvalue weighted by molar-refractivity contribution is 6.09. The Labute approximate surface area is 156 Å². The van der Waals surface area contributed by atoms with Crippen molar-refractivity contribution < 1.29 is 19.1 Å². The molecule has 0 saturated carbocycles. The molecule has 1 aromatic heterocycles. The molecule has 0 radical (unpaired) electrons. The number of likely N-dealkylation sites (tertiary alicyclic amines) is 1. The molecule has 4 atom stereocenters. The van der Waals surface area contributed by atoms with Gasteiger partial charge in [0.25, 0.3) is 0 Å². The van der Waals surface area contributed by atoms with Gasteiger partial charge in [-0.2, -0.15) is 0 Å².